The Balaban J connectivity index is 0.899. The molecule has 7 aliphatic rings. The maximum Gasteiger partial charge on any atom is 0.407 e. The zero-order valence-corrected chi connectivity index (χ0v) is 37.6. The van der Waals surface area contributed by atoms with Crippen LogP contribution in [-0.2, 0) is 28.5 Å². The topological polar surface area (TPSA) is 143 Å². The number of aliphatic imine (C=N–C) groups is 2. The molecular weight excluding hydrogens is 797 g/mol. The van der Waals surface area contributed by atoms with Gasteiger partial charge in [0.25, 0.3) is 0 Å². The van der Waals surface area contributed by atoms with Crippen LogP contribution in [0.15, 0.2) is 71.2 Å². The monoisotopic (exact) mass is 858 g/mol. The zero-order chi connectivity index (χ0) is 44.2. The van der Waals surface area contributed by atoms with Crippen molar-refractivity contribution < 1.29 is 33.3 Å². The van der Waals surface area contributed by atoms with E-state index in [1.807, 2.05) is 49.9 Å². The fourth-order valence-electron chi connectivity index (χ4n) is 11.3. The van der Waals surface area contributed by atoms with Gasteiger partial charge in [0.2, 0.25) is 11.8 Å². The maximum atomic E-state index is 14.2. The number of likely N-dealkylation sites (tertiary alicyclic amines) is 2. The van der Waals surface area contributed by atoms with E-state index in [9.17, 15) is 14.4 Å². The van der Waals surface area contributed by atoms with Crippen LogP contribution in [0.1, 0.15) is 113 Å². The van der Waals surface area contributed by atoms with Gasteiger partial charge in [0.15, 0.2) is 11.7 Å². The molecule has 3 amide bonds. The molecule has 6 atom stereocenters. The van der Waals surface area contributed by atoms with E-state index in [-0.39, 0.29) is 35.7 Å². The van der Waals surface area contributed by atoms with Crippen LogP contribution in [0.3, 0.4) is 0 Å². The molecule has 13 nitrogen and oxygen atoms in total. The van der Waals surface area contributed by atoms with Gasteiger partial charge in [-0.15, -0.1) is 0 Å². The summed E-state index contributed by atoms with van der Waals surface area (Å²) in [4.78, 5) is 53.9. The van der Waals surface area contributed by atoms with Crippen molar-refractivity contribution in [3.05, 3.63) is 83.5 Å². The van der Waals surface area contributed by atoms with Gasteiger partial charge in [0, 0.05) is 49.6 Å². The molecule has 0 radical (unpaired) electrons. The number of amides is 3. The lowest BCUT2D eigenvalue weighted by atomic mass is 9.80. The van der Waals surface area contributed by atoms with Crippen molar-refractivity contribution in [1.29, 1.82) is 0 Å². The second kappa shape index (κ2) is 17.4. The van der Waals surface area contributed by atoms with Crippen molar-refractivity contribution in [2.24, 2.45) is 21.8 Å². The molecule has 3 saturated heterocycles. The number of ether oxygens (including phenoxy) is 4. The van der Waals surface area contributed by atoms with E-state index >= 15 is 0 Å². The van der Waals surface area contributed by atoms with Crippen LogP contribution in [0, 0.1) is 11.8 Å². The lowest BCUT2D eigenvalue weighted by Gasteiger charge is -2.31. The molecule has 1 spiro atoms. The van der Waals surface area contributed by atoms with Crippen LogP contribution in [0.5, 0.6) is 0 Å². The average Bonchev–Trinajstić information content (AvgIpc) is 4.15. The summed E-state index contributed by atoms with van der Waals surface area (Å²) in [7, 11) is 2.86. The number of methoxy groups -OCH3 is 2. The minimum Gasteiger partial charge on any atom is -0.483 e. The Kier molecular flexibility index (Phi) is 11.9. The van der Waals surface area contributed by atoms with E-state index in [2.05, 4.69) is 53.6 Å². The number of carbonyl (C=O) groups excluding carboxylic acids is 3. The number of fused-ring (bicyclic) bond motifs is 5. The van der Waals surface area contributed by atoms with E-state index in [0.717, 1.165) is 41.8 Å². The van der Waals surface area contributed by atoms with Gasteiger partial charge in [-0.3, -0.25) is 19.6 Å². The minimum atomic E-state index is -0.827. The van der Waals surface area contributed by atoms with Crippen LogP contribution in [-0.4, -0.2) is 110 Å². The SMILES string of the molecule is C=C(N[C@H](C(=O)N1CC2(C[C@H]1C1=NC=C(c3ccc(-c4ccc(C5=CN=C([C@@H]6CCCN6C(=O)[C@@H](NC(=O)OC)C(C)C)C5)c5c4C4CCC5C4)cc3)C1)OCCO2)C(C)C)OC. The lowest BCUT2D eigenvalue weighted by molar-refractivity contribution is -0.153. The van der Waals surface area contributed by atoms with Gasteiger partial charge in [-0.25, -0.2) is 4.79 Å². The Labute approximate surface area is 371 Å². The lowest BCUT2D eigenvalue weighted by Crippen LogP contribution is -2.53. The minimum absolute atomic E-state index is 0.00603. The summed E-state index contributed by atoms with van der Waals surface area (Å²) in [6, 6.07) is 12.0. The van der Waals surface area contributed by atoms with Gasteiger partial charge < -0.3 is 39.4 Å². The van der Waals surface area contributed by atoms with Crippen molar-refractivity contribution in [2.45, 2.75) is 121 Å². The number of hydrogen-bond donors (Lipinski definition) is 2. The van der Waals surface area contributed by atoms with Gasteiger partial charge in [0.1, 0.15) is 12.1 Å². The number of hydrogen-bond acceptors (Lipinski definition) is 10. The number of nitrogens with one attached hydrogen (secondary N) is 2. The molecule has 2 bridgehead atoms. The number of nitrogens with zero attached hydrogens (tertiary/aromatic N) is 4. The second-order valence-electron chi connectivity index (χ2n) is 19.0. The molecule has 1 saturated carbocycles. The highest BCUT2D eigenvalue weighted by atomic mass is 16.7. The van der Waals surface area contributed by atoms with Crippen LogP contribution in [0.4, 0.5) is 4.79 Å². The molecule has 2 unspecified atom stereocenters. The smallest absolute Gasteiger partial charge is 0.407 e. The maximum absolute atomic E-state index is 14.2. The molecule has 4 fully saturated rings. The van der Waals surface area contributed by atoms with Crippen LogP contribution >= 0.6 is 0 Å². The Morgan fingerprint density at radius 3 is 2.00 bits per heavy atom. The molecule has 63 heavy (non-hydrogen) atoms. The van der Waals surface area contributed by atoms with Gasteiger partial charge in [0.05, 0.1) is 46.1 Å². The molecule has 5 aliphatic heterocycles. The molecular formula is C50H62N6O7. The van der Waals surface area contributed by atoms with Crippen molar-refractivity contribution in [1.82, 2.24) is 20.4 Å². The normalized spacial score (nSPS) is 25.3. The molecule has 0 aromatic heterocycles. The third-order valence-corrected chi connectivity index (χ3v) is 14.5. The zero-order valence-electron chi connectivity index (χ0n) is 37.6. The Morgan fingerprint density at radius 2 is 1.33 bits per heavy atom. The fourth-order valence-corrected chi connectivity index (χ4v) is 11.3. The first-order valence-electron chi connectivity index (χ1n) is 22.9. The summed E-state index contributed by atoms with van der Waals surface area (Å²) in [5.74, 6) is 0.394. The number of carbonyl (C=O) groups is 3. The summed E-state index contributed by atoms with van der Waals surface area (Å²) < 4.78 is 22.4. The fraction of sp³-hybridized carbons (Fsp3) is 0.540. The predicted octanol–water partition coefficient (Wildman–Crippen LogP) is 7.54. The van der Waals surface area contributed by atoms with Crippen molar-refractivity contribution >= 4 is 40.5 Å². The van der Waals surface area contributed by atoms with Crippen LogP contribution in [0.25, 0.3) is 22.3 Å². The Hall–Kier alpha value is -5.27. The molecule has 2 aromatic carbocycles. The second-order valence-corrected chi connectivity index (χ2v) is 19.0. The number of allylic oxidation sites excluding steroid dienone is 2. The third-order valence-electron chi connectivity index (χ3n) is 14.5. The molecule has 5 heterocycles. The van der Waals surface area contributed by atoms with Gasteiger partial charge in [-0.1, -0.05) is 64.1 Å². The largest absolute Gasteiger partial charge is 0.483 e. The number of benzene rings is 2. The Morgan fingerprint density at radius 1 is 0.746 bits per heavy atom. The van der Waals surface area contributed by atoms with E-state index < -0.39 is 24.0 Å². The number of alkyl carbamates (subject to hydrolysis) is 1. The highest BCUT2D eigenvalue weighted by molar-refractivity contribution is 6.05. The van der Waals surface area contributed by atoms with Crippen LogP contribution in [0.2, 0.25) is 0 Å². The van der Waals surface area contributed by atoms with Crippen LogP contribution < -0.4 is 10.6 Å². The van der Waals surface area contributed by atoms with Crippen molar-refractivity contribution in [3.8, 4) is 11.1 Å². The average molecular weight is 859 g/mol. The van der Waals surface area contributed by atoms with Gasteiger partial charge in [-0.2, -0.15) is 0 Å². The first-order chi connectivity index (χ1) is 30.4. The number of rotatable bonds is 13. The molecule has 334 valence electrons. The third kappa shape index (κ3) is 8.00. The highest BCUT2D eigenvalue weighted by Gasteiger charge is 2.53. The molecule has 2 N–H and O–H groups in total. The summed E-state index contributed by atoms with van der Waals surface area (Å²) in [5.41, 5.74) is 12.2. The first-order valence-corrected chi connectivity index (χ1v) is 22.9. The van der Waals surface area contributed by atoms with E-state index in [1.165, 1.54) is 59.8 Å². The summed E-state index contributed by atoms with van der Waals surface area (Å²) >= 11 is 0. The predicted molar refractivity (Wildman–Crippen MR) is 243 cm³/mol. The first kappa shape index (κ1) is 43.0. The van der Waals surface area contributed by atoms with Gasteiger partial charge >= 0.3 is 6.09 Å². The van der Waals surface area contributed by atoms with E-state index in [0.29, 0.717) is 56.9 Å². The Bertz CT molecular complexity index is 2290. The summed E-state index contributed by atoms with van der Waals surface area (Å²) in [6.45, 7) is 13.8. The van der Waals surface area contributed by atoms with Crippen molar-refractivity contribution in [3.63, 3.8) is 0 Å². The molecule has 13 heteroatoms. The standard InChI is InChI=1S/C50H62N6O7/c1-28(2)45(53-30(5)60-6)48(58)56-27-50(62-19-20-63-50)24-42(56)40-22-35(25-51-40)31-10-12-32(13-11-31)37-16-17-38(44-34-15-14-33(21-34)43(37)44)36-23-39(52-26-36)41-9-8-18-55(41)47(57)46(29(3)4)54-49(59)61-7/h10-13,16-17,25-26,28-29,33-34,41-42,45-46,53H,5,8-9,14-15,18-24,27H2,1-4,6-7H3,(H,54,59)/t33?,34?,41-,42-,45-,46-/m0/s1. The molecule has 2 aromatic rings. The highest BCUT2D eigenvalue weighted by Crippen LogP contribution is 2.58. The summed E-state index contributed by atoms with van der Waals surface area (Å²) in [6.07, 6.45) is 10.7. The molecule has 9 rings (SSSR count). The molecule has 2 aliphatic carbocycles. The summed E-state index contributed by atoms with van der Waals surface area (Å²) in [5, 5.41) is 5.95. The van der Waals surface area contributed by atoms with Crippen molar-refractivity contribution in [2.75, 3.05) is 40.5 Å². The van der Waals surface area contributed by atoms with E-state index in [4.69, 9.17) is 28.9 Å². The quantitative estimate of drug-likeness (QED) is 0.197. The van der Waals surface area contributed by atoms with E-state index in [1.54, 1.807) is 7.11 Å². The van der Waals surface area contributed by atoms with Gasteiger partial charge in [-0.05, 0) is 107 Å².